The summed E-state index contributed by atoms with van der Waals surface area (Å²) in [5.74, 6) is 0.149. The fourth-order valence-electron chi connectivity index (χ4n) is 3.34. The monoisotopic (exact) mass is 339 g/mol. The van der Waals surface area contributed by atoms with Crippen molar-refractivity contribution in [3.05, 3.63) is 0 Å². The fourth-order valence-corrected chi connectivity index (χ4v) is 3.34. The summed E-state index contributed by atoms with van der Waals surface area (Å²) in [5.41, 5.74) is -0.901. The molecule has 1 aliphatic carbocycles. The predicted octanol–water partition coefficient (Wildman–Crippen LogP) is 0.842. The third-order valence-electron chi connectivity index (χ3n) is 5.36. The lowest BCUT2D eigenvalue weighted by Gasteiger charge is -2.41. The van der Waals surface area contributed by atoms with Crippen LogP contribution in [0.2, 0.25) is 0 Å². The molecule has 1 saturated heterocycles. The molecule has 1 saturated carbocycles. The van der Waals surface area contributed by atoms with Crippen molar-refractivity contribution in [3.63, 3.8) is 0 Å². The molecule has 138 valence electrons. The van der Waals surface area contributed by atoms with Gasteiger partial charge in [0.25, 0.3) is 0 Å². The summed E-state index contributed by atoms with van der Waals surface area (Å²) in [4.78, 5) is 28.6. The summed E-state index contributed by atoms with van der Waals surface area (Å²) >= 11 is 0. The van der Waals surface area contributed by atoms with Gasteiger partial charge in [-0.25, -0.2) is 0 Å². The van der Waals surface area contributed by atoms with Crippen molar-refractivity contribution in [1.82, 2.24) is 15.1 Å². The predicted molar refractivity (Wildman–Crippen MR) is 93.4 cm³/mol. The lowest BCUT2D eigenvalue weighted by atomic mass is 9.88. The van der Waals surface area contributed by atoms with Crippen molar-refractivity contribution in [2.75, 3.05) is 32.7 Å². The van der Waals surface area contributed by atoms with Gasteiger partial charge in [0.15, 0.2) is 0 Å². The Kier molecular flexibility index (Phi) is 5.60. The van der Waals surface area contributed by atoms with Gasteiger partial charge in [-0.3, -0.25) is 14.5 Å². The average molecular weight is 339 g/mol. The zero-order valence-corrected chi connectivity index (χ0v) is 15.8. The first-order chi connectivity index (χ1) is 11.0. The zero-order chi connectivity index (χ0) is 18.1. The molecule has 0 aromatic rings. The molecule has 24 heavy (non-hydrogen) atoms. The fraction of sp³-hybridized carbons (Fsp3) is 0.889. The van der Waals surface area contributed by atoms with E-state index in [-0.39, 0.29) is 29.3 Å². The molecule has 2 amide bonds. The molecule has 1 aliphatic heterocycles. The van der Waals surface area contributed by atoms with E-state index in [0.717, 1.165) is 25.9 Å². The Morgan fingerprint density at radius 1 is 1.12 bits per heavy atom. The number of carbonyl (C=O) groups excluding carboxylic acids is 2. The number of nitrogens with zero attached hydrogens (tertiary/aromatic N) is 2. The number of rotatable bonds is 5. The van der Waals surface area contributed by atoms with Crippen LogP contribution < -0.4 is 5.32 Å². The summed E-state index contributed by atoms with van der Waals surface area (Å²) in [6, 6.07) is 0. The van der Waals surface area contributed by atoms with Crippen LogP contribution in [-0.2, 0) is 9.59 Å². The second-order valence-electron chi connectivity index (χ2n) is 8.63. The second-order valence-corrected chi connectivity index (χ2v) is 8.63. The highest BCUT2D eigenvalue weighted by molar-refractivity contribution is 5.91. The largest absolute Gasteiger partial charge is 0.391 e. The van der Waals surface area contributed by atoms with Crippen LogP contribution in [0.4, 0.5) is 0 Å². The molecule has 0 spiro atoms. The van der Waals surface area contributed by atoms with Gasteiger partial charge in [-0.15, -0.1) is 0 Å². The number of β-amino-alcohol motifs (C(OH)–C–C–N with tert-alkyl or cyclic N) is 1. The molecule has 6 heteroatoms. The Morgan fingerprint density at radius 3 is 2.08 bits per heavy atom. The van der Waals surface area contributed by atoms with Crippen molar-refractivity contribution >= 4 is 11.8 Å². The number of aliphatic hydroxyl groups is 1. The molecule has 0 aromatic carbocycles. The van der Waals surface area contributed by atoms with Gasteiger partial charge in [-0.05, 0) is 31.1 Å². The van der Waals surface area contributed by atoms with E-state index in [9.17, 15) is 14.7 Å². The van der Waals surface area contributed by atoms with Gasteiger partial charge in [0.05, 0.1) is 6.10 Å². The molecule has 2 fully saturated rings. The molecule has 0 aromatic heterocycles. The van der Waals surface area contributed by atoms with Crippen LogP contribution in [0, 0.1) is 11.3 Å². The van der Waals surface area contributed by atoms with Crippen LogP contribution in [-0.4, -0.2) is 71.1 Å². The smallest absolute Gasteiger partial charge is 0.248 e. The van der Waals surface area contributed by atoms with E-state index in [4.69, 9.17) is 0 Å². The van der Waals surface area contributed by atoms with E-state index in [1.165, 1.54) is 6.92 Å². The normalized spacial score (nSPS) is 23.5. The van der Waals surface area contributed by atoms with Gasteiger partial charge < -0.3 is 15.3 Å². The van der Waals surface area contributed by atoms with Gasteiger partial charge in [-0.2, -0.15) is 0 Å². The minimum absolute atomic E-state index is 0.0382. The first kappa shape index (κ1) is 19.2. The maximum atomic E-state index is 13.0. The maximum absolute atomic E-state index is 13.0. The SMILES string of the molecule is CC(=O)NC(C)(C(=O)N1CCN(CC(O)C(C)(C)C)CC1)C1CC1. The molecule has 1 heterocycles. The average Bonchev–Trinajstić information content (AvgIpc) is 3.30. The van der Waals surface area contributed by atoms with Crippen LogP contribution in [0.3, 0.4) is 0 Å². The third kappa shape index (κ3) is 4.48. The van der Waals surface area contributed by atoms with Crippen LogP contribution in [0.15, 0.2) is 0 Å². The van der Waals surface area contributed by atoms with Crippen molar-refractivity contribution in [2.24, 2.45) is 11.3 Å². The Bertz CT molecular complexity index is 476. The van der Waals surface area contributed by atoms with E-state index < -0.39 is 5.54 Å². The molecule has 2 rings (SSSR count). The highest BCUT2D eigenvalue weighted by Crippen LogP contribution is 2.40. The topological polar surface area (TPSA) is 72.9 Å². The number of hydrogen-bond acceptors (Lipinski definition) is 4. The summed E-state index contributed by atoms with van der Waals surface area (Å²) in [6.45, 7) is 12.9. The second kappa shape index (κ2) is 7.00. The summed E-state index contributed by atoms with van der Waals surface area (Å²) in [7, 11) is 0. The van der Waals surface area contributed by atoms with Crippen molar-refractivity contribution in [2.45, 2.75) is 59.1 Å². The van der Waals surface area contributed by atoms with Crippen LogP contribution in [0.5, 0.6) is 0 Å². The third-order valence-corrected chi connectivity index (χ3v) is 5.36. The number of hydrogen-bond donors (Lipinski definition) is 2. The lowest BCUT2D eigenvalue weighted by Crippen LogP contribution is -2.62. The standard InChI is InChI=1S/C18H33N3O3/c1-13(22)19-18(5,14-6-7-14)16(24)21-10-8-20(9-11-21)12-15(23)17(2,3)4/h14-15,23H,6-12H2,1-5H3,(H,19,22). The molecule has 6 nitrogen and oxygen atoms in total. The maximum Gasteiger partial charge on any atom is 0.248 e. The van der Waals surface area contributed by atoms with Gasteiger partial charge in [-0.1, -0.05) is 20.8 Å². The molecule has 2 N–H and O–H groups in total. The molecular formula is C18H33N3O3. The Labute approximate surface area is 145 Å². The Morgan fingerprint density at radius 2 is 1.67 bits per heavy atom. The number of carbonyl (C=O) groups is 2. The molecule has 2 unspecified atom stereocenters. The minimum atomic E-state index is -0.765. The first-order valence-corrected chi connectivity index (χ1v) is 9.02. The molecule has 0 bridgehead atoms. The summed E-state index contributed by atoms with van der Waals surface area (Å²) in [5, 5.41) is 13.1. The molecular weight excluding hydrogens is 306 g/mol. The van der Waals surface area contributed by atoms with Gasteiger partial charge in [0.2, 0.25) is 11.8 Å². The Hall–Kier alpha value is -1.14. The number of piperazine rings is 1. The van der Waals surface area contributed by atoms with Crippen molar-refractivity contribution < 1.29 is 14.7 Å². The number of aliphatic hydroxyl groups excluding tert-OH is 1. The van der Waals surface area contributed by atoms with E-state index >= 15 is 0 Å². The molecule has 2 atom stereocenters. The van der Waals surface area contributed by atoms with Crippen molar-refractivity contribution in [3.8, 4) is 0 Å². The Balaban J connectivity index is 1.91. The lowest BCUT2D eigenvalue weighted by molar-refractivity contribution is -0.143. The van der Waals surface area contributed by atoms with E-state index in [1.807, 2.05) is 32.6 Å². The van der Waals surface area contributed by atoms with Gasteiger partial charge in [0.1, 0.15) is 5.54 Å². The number of nitrogens with one attached hydrogen (secondary N) is 1. The quantitative estimate of drug-likeness (QED) is 0.779. The van der Waals surface area contributed by atoms with Gasteiger partial charge >= 0.3 is 0 Å². The highest BCUT2D eigenvalue weighted by atomic mass is 16.3. The van der Waals surface area contributed by atoms with E-state index in [2.05, 4.69) is 10.2 Å². The summed E-state index contributed by atoms with van der Waals surface area (Å²) < 4.78 is 0. The van der Waals surface area contributed by atoms with Crippen molar-refractivity contribution in [1.29, 1.82) is 0 Å². The van der Waals surface area contributed by atoms with Crippen LogP contribution >= 0.6 is 0 Å². The molecule has 2 aliphatic rings. The highest BCUT2D eigenvalue weighted by Gasteiger charge is 2.49. The van der Waals surface area contributed by atoms with E-state index in [0.29, 0.717) is 19.6 Å². The van der Waals surface area contributed by atoms with Crippen LogP contribution in [0.1, 0.15) is 47.5 Å². The van der Waals surface area contributed by atoms with Gasteiger partial charge in [0, 0.05) is 39.6 Å². The number of amides is 2. The summed E-state index contributed by atoms with van der Waals surface area (Å²) in [6.07, 6.45) is 1.62. The first-order valence-electron chi connectivity index (χ1n) is 9.02. The molecule has 0 radical (unpaired) electrons. The minimum Gasteiger partial charge on any atom is -0.391 e. The van der Waals surface area contributed by atoms with E-state index in [1.54, 1.807) is 0 Å². The zero-order valence-electron chi connectivity index (χ0n) is 15.8. The van der Waals surface area contributed by atoms with Crippen LogP contribution in [0.25, 0.3) is 0 Å².